The lowest BCUT2D eigenvalue weighted by molar-refractivity contribution is 0.414. The number of rotatable bonds is 12. The van der Waals surface area contributed by atoms with E-state index in [0.717, 1.165) is 52.8 Å². The second-order valence-electron chi connectivity index (χ2n) is 16.9. The summed E-state index contributed by atoms with van der Waals surface area (Å²) in [4.78, 5) is 7.32. The van der Waals surface area contributed by atoms with E-state index in [1.807, 2.05) is 84.9 Å². The molecule has 4 aromatic heterocycles. The lowest BCUT2D eigenvalue weighted by atomic mass is 9.80. The van der Waals surface area contributed by atoms with E-state index in [4.69, 9.17) is 33.7 Å². The Hall–Kier alpha value is -5.14. The van der Waals surface area contributed by atoms with Crippen LogP contribution in [-0.2, 0) is 93.8 Å². The van der Waals surface area contributed by atoms with Crippen molar-refractivity contribution in [1.82, 2.24) is 0 Å². The number of aromatic hydroxyl groups is 2. The van der Waals surface area contributed by atoms with Gasteiger partial charge in [0.05, 0.1) is 43.1 Å². The highest BCUT2D eigenvalue weighted by Gasteiger charge is 2.11. The van der Waals surface area contributed by atoms with E-state index >= 15 is 0 Å². The van der Waals surface area contributed by atoms with Crippen LogP contribution >= 0.6 is 77.2 Å². The van der Waals surface area contributed by atoms with Crippen molar-refractivity contribution >= 4 is 184 Å². The molecular formula is C63H55BBr2O9S13. The Morgan fingerprint density at radius 2 is 0.511 bits per heavy atom. The molecule has 0 unspecified atom stereocenters. The molecule has 0 aliphatic carbocycles. The fraction of sp³-hybridized carbons (Fsp3) is 0.0794. The first-order valence-electron chi connectivity index (χ1n) is 25.2. The SMILES string of the molecule is Brc1ccc(Br)s1.COc1ccc(-c2ccc(-c3ccc(OC)cc3)s2)cc1.COc1ccc(-c2ccc(-c3ccc(OC)cc3)s2)cc1.COc1ccc(B(O)O)cc1.Oc1ccc(-c2ccc(-c3ccc(O)cc3)s2)cc1.S=S.S=S=S.S=S=S=S. The van der Waals surface area contributed by atoms with Gasteiger partial charge in [-0.2, -0.15) is 0 Å². The van der Waals surface area contributed by atoms with Gasteiger partial charge >= 0.3 is 7.12 Å². The number of hydrogen-bond donors (Lipinski definition) is 4. The zero-order valence-corrected chi connectivity index (χ0v) is 61.0. The topological polar surface area (TPSA) is 127 Å². The molecule has 11 aromatic rings. The molecule has 4 heterocycles. The highest BCUT2D eigenvalue weighted by molar-refractivity contribution is 9.12. The summed E-state index contributed by atoms with van der Waals surface area (Å²) in [5.41, 5.74) is 7.48. The van der Waals surface area contributed by atoms with Gasteiger partial charge in [0.1, 0.15) is 40.2 Å². The summed E-state index contributed by atoms with van der Waals surface area (Å²) in [7, 11) is 10.1. The van der Waals surface area contributed by atoms with Gasteiger partial charge in [-0.05, 0) is 277 Å². The Kier molecular flexibility index (Phi) is 36.6. The third kappa shape index (κ3) is 26.4. The molecule has 88 heavy (non-hydrogen) atoms. The first-order chi connectivity index (χ1) is 42.7. The Morgan fingerprint density at radius 3 is 0.670 bits per heavy atom. The van der Waals surface area contributed by atoms with E-state index < -0.39 is 7.12 Å². The van der Waals surface area contributed by atoms with Crippen molar-refractivity contribution in [2.45, 2.75) is 0 Å². The highest BCUT2D eigenvalue weighted by atomic mass is 79.9. The normalized spacial score (nSPS) is 9.56. The van der Waals surface area contributed by atoms with Gasteiger partial charge in [-0.15, -0.1) is 45.3 Å². The quantitative estimate of drug-likeness (QED) is 0.0866. The Bertz CT molecular complexity index is 3530. The fourth-order valence-corrected chi connectivity index (χ4v) is 12.8. The molecule has 0 amide bonds. The molecule has 0 saturated carbocycles. The van der Waals surface area contributed by atoms with Gasteiger partial charge in [0.2, 0.25) is 0 Å². The number of thiophene rings is 4. The van der Waals surface area contributed by atoms with Crippen LogP contribution in [0.25, 0.3) is 62.6 Å². The Labute approximate surface area is 585 Å². The number of phenolic OH excluding ortho intramolecular Hbond substituents is 2. The number of ether oxygens (including phenoxy) is 5. The van der Waals surface area contributed by atoms with Crippen LogP contribution in [-0.4, -0.2) is 62.9 Å². The van der Waals surface area contributed by atoms with E-state index in [2.05, 4.69) is 184 Å². The minimum atomic E-state index is -1.40. The smallest absolute Gasteiger partial charge is 0.488 e. The van der Waals surface area contributed by atoms with Crippen molar-refractivity contribution in [2.24, 2.45) is 0 Å². The van der Waals surface area contributed by atoms with Crippen LogP contribution in [0.15, 0.2) is 226 Å². The summed E-state index contributed by atoms with van der Waals surface area (Å²) in [5, 5.41) is 36.0. The summed E-state index contributed by atoms with van der Waals surface area (Å²) in [6.45, 7) is 0. The maximum atomic E-state index is 9.29. The maximum absolute atomic E-state index is 9.29. The van der Waals surface area contributed by atoms with E-state index in [9.17, 15) is 10.2 Å². The molecule has 4 N–H and O–H groups in total. The van der Waals surface area contributed by atoms with Crippen molar-refractivity contribution in [2.75, 3.05) is 35.5 Å². The highest BCUT2D eigenvalue weighted by Crippen LogP contribution is 2.38. The van der Waals surface area contributed by atoms with Gasteiger partial charge in [-0.1, -0.05) is 12.1 Å². The predicted octanol–water partition coefficient (Wildman–Crippen LogP) is 17.3. The lowest BCUT2D eigenvalue weighted by Crippen LogP contribution is -2.29. The van der Waals surface area contributed by atoms with Crippen LogP contribution in [0, 0.1) is 0 Å². The summed E-state index contributed by atoms with van der Waals surface area (Å²) in [5.74, 6) is 4.78. The number of methoxy groups -OCH3 is 5. The van der Waals surface area contributed by atoms with E-state index in [1.54, 1.807) is 129 Å². The Morgan fingerprint density at radius 1 is 0.318 bits per heavy atom. The minimum Gasteiger partial charge on any atom is -0.508 e. The molecule has 0 aliphatic rings. The molecule has 0 bridgehead atoms. The lowest BCUT2D eigenvalue weighted by Gasteiger charge is -2.02. The van der Waals surface area contributed by atoms with Crippen LogP contribution < -0.4 is 29.1 Å². The van der Waals surface area contributed by atoms with Crippen LogP contribution in [0.2, 0.25) is 0 Å². The maximum Gasteiger partial charge on any atom is 0.488 e. The van der Waals surface area contributed by atoms with Crippen molar-refractivity contribution in [3.05, 3.63) is 226 Å². The van der Waals surface area contributed by atoms with Crippen LogP contribution in [0.5, 0.6) is 40.2 Å². The van der Waals surface area contributed by atoms with Gasteiger partial charge < -0.3 is 43.9 Å². The molecule has 0 fully saturated rings. The van der Waals surface area contributed by atoms with E-state index in [1.165, 1.54) is 67.1 Å². The van der Waals surface area contributed by atoms with Gasteiger partial charge in [-0.3, -0.25) is 0 Å². The number of benzene rings is 7. The monoisotopic (exact) mass is 1540 g/mol. The van der Waals surface area contributed by atoms with Crippen molar-refractivity contribution in [3.8, 4) is 103 Å². The van der Waals surface area contributed by atoms with Gasteiger partial charge in [0, 0.05) is 123 Å². The van der Waals surface area contributed by atoms with Crippen molar-refractivity contribution in [3.63, 3.8) is 0 Å². The second kappa shape index (κ2) is 42.8. The van der Waals surface area contributed by atoms with E-state index in [-0.39, 0.29) is 11.5 Å². The first kappa shape index (κ1) is 75.3. The third-order valence-corrected chi connectivity index (χ3v) is 19.5. The molecule has 0 saturated heterocycles. The molecule has 11 rings (SSSR count). The molecular weight excluding hydrogens is 1490 g/mol. The molecule has 25 heteroatoms. The zero-order valence-electron chi connectivity index (χ0n) is 47.3. The van der Waals surface area contributed by atoms with Gasteiger partial charge in [0.25, 0.3) is 0 Å². The van der Waals surface area contributed by atoms with Crippen LogP contribution in [0.3, 0.4) is 0 Å². The fourth-order valence-electron chi connectivity index (χ4n) is 7.29. The summed E-state index contributed by atoms with van der Waals surface area (Å²) >= 11 is 37.8. The molecule has 9 nitrogen and oxygen atoms in total. The first-order valence-corrected chi connectivity index (χ1v) is 38.1. The van der Waals surface area contributed by atoms with E-state index in [0.29, 0.717) is 11.2 Å². The average Bonchev–Trinajstić information content (AvgIpc) is 4.59. The number of phenols is 2. The molecule has 7 aromatic carbocycles. The minimum absolute atomic E-state index is 0.277. The molecule has 0 atom stereocenters. The summed E-state index contributed by atoms with van der Waals surface area (Å²) in [6.07, 6.45) is 0. The molecule has 0 radical (unpaired) electrons. The standard InChI is InChI=1S/2C18H16O2S.C16H12O2S.C7H9BO3.C4H2Br2S.S4.S3.S2/c2*1-19-15-7-3-13(4-8-15)17-11-12-18(21-17)14-5-9-16(20-2)10-6-14;17-13-5-1-11(2-6-13)15-9-10-16(19-15)12-3-7-14(18)8-4-12;1-11-7-4-2-6(3-5-7)8(9)10;5-3-1-2-4(6)7-3;1-3-4-2;1-3-2;1-2/h2*3-12H,1-2H3;1-10,17-18H;2-5,9-10H,1H3;1-2H;;;. The van der Waals surface area contributed by atoms with Gasteiger partial charge in [-0.25, -0.2) is 0 Å². The zero-order chi connectivity index (χ0) is 64.2. The molecule has 456 valence electrons. The largest absolute Gasteiger partial charge is 0.508 e. The predicted molar refractivity (Wildman–Crippen MR) is 404 cm³/mol. The van der Waals surface area contributed by atoms with Gasteiger partial charge in [0.15, 0.2) is 0 Å². The number of halogens is 2. The molecule has 0 aliphatic heterocycles. The molecule has 0 spiro atoms. The van der Waals surface area contributed by atoms with Crippen LogP contribution in [0.1, 0.15) is 0 Å². The number of hydrogen-bond acceptors (Lipinski definition) is 19. The summed E-state index contributed by atoms with van der Waals surface area (Å²) in [6, 6.07) is 70.3. The Balaban J connectivity index is 0.000000235. The van der Waals surface area contributed by atoms with Crippen molar-refractivity contribution in [1.29, 1.82) is 0 Å². The second-order valence-corrected chi connectivity index (χ2v) is 29.3. The average molecular weight is 1540 g/mol. The third-order valence-electron chi connectivity index (χ3n) is 11.6. The van der Waals surface area contributed by atoms with Crippen LogP contribution in [0.4, 0.5) is 0 Å². The summed E-state index contributed by atoms with van der Waals surface area (Å²) < 4.78 is 28.0. The van der Waals surface area contributed by atoms with Crippen molar-refractivity contribution < 1.29 is 43.9 Å².